The molecular formula is C35H32S2SiZr+2. The van der Waals surface area contributed by atoms with Crippen molar-refractivity contribution in [2.75, 3.05) is 0 Å². The Morgan fingerprint density at radius 2 is 1.69 bits per heavy atom. The molecule has 39 heavy (non-hydrogen) atoms. The van der Waals surface area contributed by atoms with Crippen molar-refractivity contribution in [1.82, 2.24) is 0 Å². The zero-order valence-corrected chi connectivity index (χ0v) is 28.5. The van der Waals surface area contributed by atoms with Crippen LogP contribution in [0.3, 0.4) is 0 Å². The molecule has 190 valence electrons. The van der Waals surface area contributed by atoms with E-state index in [0.29, 0.717) is 11.8 Å². The summed E-state index contributed by atoms with van der Waals surface area (Å²) >= 11 is 3.61. The van der Waals surface area contributed by atoms with E-state index in [1.807, 2.05) is 11.3 Å². The Balaban J connectivity index is 1.66. The van der Waals surface area contributed by atoms with Gasteiger partial charge in [-0.15, -0.1) is 0 Å². The van der Waals surface area contributed by atoms with Gasteiger partial charge in [0, 0.05) is 0 Å². The quantitative estimate of drug-likeness (QED) is 0.152. The van der Waals surface area contributed by atoms with E-state index in [1.54, 1.807) is 58.4 Å². The Morgan fingerprint density at radius 3 is 2.41 bits per heavy atom. The first kappa shape index (κ1) is 26.1. The van der Waals surface area contributed by atoms with Gasteiger partial charge < -0.3 is 0 Å². The number of hydrogen-bond acceptors (Lipinski definition) is 1. The summed E-state index contributed by atoms with van der Waals surface area (Å²) in [4.78, 5) is 6.38. The van der Waals surface area contributed by atoms with Gasteiger partial charge in [0.05, 0.1) is 0 Å². The minimum atomic E-state index is -0.612. The third kappa shape index (κ3) is 3.74. The third-order valence-electron chi connectivity index (χ3n) is 8.49. The Morgan fingerprint density at radius 1 is 0.949 bits per heavy atom. The van der Waals surface area contributed by atoms with Gasteiger partial charge in [-0.05, 0) is 0 Å². The molecule has 0 fully saturated rings. The molecule has 0 bridgehead atoms. The van der Waals surface area contributed by atoms with Crippen LogP contribution in [0.4, 0.5) is 0 Å². The number of fused-ring (bicyclic) bond motifs is 5. The SMILES string of the molecule is Cc1cccc2sc3c(c12)C=C(C(C)C)C3=S1C2=C(C(=[Si](C)C)C(C)[C]2=[Zr+2])c2c(-c3ccccc3)cccc21. The van der Waals surface area contributed by atoms with Gasteiger partial charge in [0.2, 0.25) is 0 Å². The van der Waals surface area contributed by atoms with E-state index in [-0.39, 0.29) is 10.5 Å². The standard InChI is InChI=1S/C35H32S2Si.Zr/c1-20(2)25-19-26-30-21(3)12-10-16-27(30)36-33(26)34(25)37-28-17-11-15-24(23-13-8-7-9-14-23)31(28)32-29(37)18-22(4)35(32)38(5)6;/h7-17,19-20,22H,1-6H3;/q;+2. The molecule has 0 saturated heterocycles. The molecule has 0 radical (unpaired) electrons. The average Bonchev–Trinajstić information content (AvgIpc) is 3.62. The Bertz CT molecular complexity index is 1870. The number of benzene rings is 3. The molecule has 2 heterocycles. The molecule has 4 aromatic rings. The molecule has 1 aromatic heterocycles. The Kier molecular flexibility index (Phi) is 6.44. The molecule has 0 N–H and O–H groups in total. The second-order valence-electron chi connectivity index (χ2n) is 11.5. The summed E-state index contributed by atoms with van der Waals surface area (Å²) in [5, 5.41) is 3.22. The van der Waals surface area contributed by atoms with Gasteiger partial charge >= 0.3 is 257 Å². The van der Waals surface area contributed by atoms with Gasteiger partial charge in [-0.1, -0.05) is 0 Å². The maximum absolute atomic E-state index is 2.56. The number of allylic oxidation sites excluding steroid dienone is 3. The van der Waals surface area contributed by atoms with E-state index >= 15 is 0 Å². The van der Waals surface area contributed by atoms with Gasteiger partial charge in [0.15, 0.2) is 0 Å². The summed E-state index contributed by atoms with van der Waals surface area (Å²) in [6.07, 6.45) is 2.56. The molecule has 7 rings (SSSR count). The first-order valence-corrected chi connectivity index (χ1v) is 19.6. The summed E-state index contributed by atoms with van der Waals surface area (Å²) in [5.41, 5.74) is 10.3. The van der Waals surface area contributed by atoms with Crippen molar-refractivity contribution in [3.8, 4) is 11.1 Å². The van der Waals surface area contributed by atoms with Crippen LogP contribution >= 0.6 is 21.8 Å². The van der Waals surface area contributed by atoms with Crippen LogP contribution < -0.4 is 0 Å². The topological polar surface area (TPSA) is 0 Å². The fourth-order valence-electron chi connectivity index (χ4n) is 6.74. The molecule has 0 nitrogen and oxygen atoms in total. The second-order valence-corrected chi connectivity index (χ2v) is 18.3. The van der Waals surface area contributed by atoms with Crippen LogP contribution in [0, 0.1) is 18.8 Å². The number of rotatable bonds is 2. The van der Waals surface area contributed by atoms with Gasteiger partial charge in [-0.25, -0.2) is 0 Å². The van der Waals surface area contributed by atoms with Crippen molar-refractivity contribution >= 4 is 65.2 Å². The normalized spacial score (nSPS) is 20.7. The van der Waals surface area contributed by atoms with Crippen LogP contribution in [-0.4, -0.2) is 21.6 Å². The molecule has 2 unspecified atom stereocenters. The fourth-order valence-corrected chi connectivity index (χ4v) is 14.9. The summed E-state index contributed by atoms with van der Waals surface area (Å²) in [6, 6.07) is 25.1. The molecule has 0 amide bonds. The van der Waals surface area contributed by atoms with Gasteiger partial charge in [0.1, 0.15) is 0 Å². The zero-order valence-electron chi connectivity index (χ0n) is 23.4. The third-order valence-corrected chi connectivity index (χ3v) is 16.1. The first-order valence-electron chi connectivity index (χ1n) is 13.8. The van der Waals surface area contributed by atoms with Crippen LogP contribution in [-0.2, 0) is 24.2 Å². The molecule has 0 spiro atoms. The van der Waals surface area contributed by atoms with E-state index in [2.05, 4.69) is 114 Å². The molecule has 0 saturated carbocycles. The van der Waals surface area contributed by atoms with Crippen molar-refractivity contribution in [2.24, 2.45) is 11.8 Å². The summed E-state index contributed by atoms with van der Waals surface area (Å²) in [5.74, 6) is 1.06. The molecule has 4 heteroatoms. The van der Waals surface area contributed by atoms with Crippen LogP contribution in [0.15, 0.2) is 82.1 Å². The van der Waals surface area contributed by atoms with Crippen molar-refractivity contribution in [1.29, 1.82) is 0 Å². The van der Waals surface area contributed by atoms with E-state index < -0.39 is 8.41 Å². The first-order chi connectivity index (χ1) is 18.8. The second kappa shape index (κ2) is 9.62. The Labute approximate surface area is 255 Å². The number of thiophene rings is 1. The van der Waals surface area contributed by atoms with Gasteiger partial charge in [-0.3, -0.25) is 0 Å². The van der Waals surface area contributed by atoms with E-state index in [4.69, 9.17) is 0 Å². The van der Waals surface area contributed by atoms with Crippen LogP contribution in [0.1, 0.15) is 42.3 Å². The monoisotopic (exact) mass is 634 g/mol. The molecule has 2 aliphatic carbocycles. The fraction of sp³-hybridized carbons (Fsp3) is 0.229. The van der Waals surface area contributed by atoms with Gasteiger partial charge in [0.25, 0.3) is 0 Å². The van der Waals surface area contributed by atoms with Crippen molar-refractivity contribution < 1.29 is 24.2 Å². The molecule has 3 aliphatic rings. The van der Waals surface area contributed by atoms with Gasteiger partial charge in [-0.2, -0.15) is 0 Å². The van der Waals surface area contributed by atoms with Crippen molar-refractivity contribution in [3.63, 3.8) is 0 Å². The number of hydrogen-bond donors (Lipinski definition) is 0. The maximum atomic E-state index is 2.56. The van der Waals surface area contributed by atoms with Crippen LogP contribution in [0.5, 0.6) is 0 Å². The summed E-state index contributed by atoms with van der Waals surface area (Å²) in [6.45, 7) is 14.6. The molecule has 3 aromatic carbocycles. The van der Waals surface area contributed by atoms with E-state index in [0.717, 1.165) is 0 Å². The summed E-state index contributed by atoms with van der Waals surface area (Å²) in [7, 11) is -0.693. The van der Waals surface area contributed by atoms with Crippen LogP contribution in [0.2, 0.25) is 13.1 Å². The van der Waals surface area contributed by atoms with E-state index in [1.165, 1.54) is 42.8 Å². The van der Waals surface area contributed by atoms with E-state index in [9.17, 15) is 0 Å². The predicted octanol–water partition coefficient (Wildman–Crippen LogP) is 9.38. The average molecular weight is 636 g/mol. The zero-order chi connectivity index (χ0) is 27.2. The molecular weight excluding hydrogens is 604 g/mol. The van der Waals surface area contributed by atoms with Crippen LogP contribution in [0.25, 0.3) is 32.9 Å². The van der Waals surface area contributed by atoms with Crippen molar-refractivity contribution in [3.05, 3.63) is 98.8 Å². The molecule has 1 aliphatic heterocycles. The minimum absolute atomic E-state index is 0.0810. The molecule has 2 atom stereocenters. The predicted molar refractivity (Wildman–Crippen MR) is 175 cm³/mol. The van der Waals surface area contributed by atoms with Crippen molar-refractivity contribution in [2.45, 2.75) is 45.7 Å². The number of aryl methyl sites for hydroxylation is 1. The Hall–Kier alpha value is -1.84. The summed E-state index contributed by atoms with van der Waals surface area (Å²) < 4.78 is 3.12.